The minimum absolute atomic E-state index is 0.0618. The van der Waals surface area contributed by atoms with Gasteiger partial charge in [0.05, 0.1) is 23.1 Å². The highest BCUT2D eigenvalue weighted by Crippen LogP contribution is 2.40. The lowest BCUT2D eigenvalue weighted by molar-refractivity contribution is -0.384. The third kappa shape index (κ3) is 5.48. The van der Waals surface area contributed by atoms with Gasteiger partial charge in [-0.25, -0.2) is 4.79 Å². The van der Waals surface area contributed by atoms with Gasteiger partial charge in [0.15, 0.2) is 0 Å². The Labute approximate surface area is 223 Å². The predicted octanol–water partition coefficient (Wildman–Crippen LogP) is 8.45. The molecule has 0 aromatic heterocycles. The van der Waals surface area contributed by atoms with E-state index >= 15 is 0 Å². The van der Waals surface area contributed by atoms with Crippen molar-refractivity contribution in [3.63, 3.8) is 0 Å². The summed E-state index contributed by atoms with van der Waals surface area (Å²) in [5, 5.41) is 12.0. The predicted molar refractivity (Wildman–Crippen MR) is 138 cm³/mol. The molecule has 0 N–H and O–H groups in total. The zero-order valence-corrected chi connectivity index (χ0v) is 21.9. The minimum Gasteiger partial charge on any atom is -0.439 e. The van der Waals surface area contributed by atoms with Crippen molar-refractivity contribution in [1.82, 2.24) is 4.90 Å². The highest BCUT2D eigenvalue weighted by atomic mass is 35.5. The largest absolute Gasteiger partial charge is 0.439 e. The van der Waals surface area contributed by atoms with E-state index in [0.29, 0.717) is 27.3 Å². The van der Waals surface area contributed by atoms with E-state index in [1.54, 1.807) is 32.0 Å². The van der Waals surface area contributed by atoms with Crippen LogP contribution < -0.4 is 0 Å². The number of benzene rings is 3. The number of non-ortho nitro benzene ring substituents is 1. The number of ether oxygens (including phenoxy) is 1. The second-order valence-electron chi connectivity index (χ2n) is 9.80. The van der Waals surface area contributed by atoms with Gasteiger partial charge < -0.3 is 4.74 Å². The van der Waals surface area contributed by atoms with Crippen molar-refractivity contribution in [2.24, 2.45) is 0 Å². The van der Waals surface area contributed by atoms with Crippen LogP contribution in [0.25, 0.3) is 11.1 Å². The molecule has 200 valence electrons. The molecule has 1 heterocycles. The topological polar surface area (TPSA) is 72.7 Å². The van der Waals surface area contributed by atoms with Gasteiger partial charge in [-0.05, 0) is 72.4 Å². The third-order valence-electron chi connectivity index (χ3n) is 6.74. The van der Waals surface area contributed by atoms with Crippen LogP contribution in [0.2, 0.25) is 5.02 Å². The molecular weight excluding hydrogens is 521 g/mol. The van der Waals surface area contributed by atoms with Crippen molar-refractivity contribution >= 4 is 23.4 Å². The van der Waals surface area contributed by atoms with Gasteiger partial charge >= 0.3 is 12.3 Å². The third-order valence-corrected chi connectivity index (χ3v) is 7.06. The molecule has 3 aromatic carbocycles. The molecule has 1 unspecified atom stereocenters. The first-order valence-corrected chi connectivity index (χ1v) is 12.4. The van der Waals surface area contributed by atoms with Crippen molar-refractivity contribution in [1.29, 1.82) is 0 Å². The quantitative estimate of drug-likeness (QED) is 0.230. The van der Waals surface area contributed by atoms with Crippen molar-refractivity contribution < 1.29 is 27.6 Å². The van der Waals surface area contributed by atoms with Crippen molar-refractivity contribution in [2.45, 2.75) is 58.5 Å². The van der Waals surface area contributed by atoms with E-state index in [9.17, 15) is 28.1 Å². The Morgan fingerprint density at radius 1 is 1.08 bits per heavy atom. The number of nitro benzene ring substituents is 1. The van der Waals surface area contributed by atoms with E-state index < -0.39 is 34.9 Å². The van der Waals surface area contributed by atoms with Crippen LogP contribution in [0.15, 0.2) is 54.6 Å². The smallest absolute Gasteiger partial charge is 0.416 e. The van der Waals surface area contributed by atoms with Gasteiger partial charge in [0.25, 0.3) is 5.69 Å². The molecule has 0 aliphatic carbocycles. The van der Waals surface area contributed by atoms with E-state index in [-0.39, 0.29) is 23.7 Å². The van der Waals surface area contributed by atoms with Crippen LogP contribution in [-0.2, 0) is 17.5 Å². The highest BCUT2D eigenvalue weighted by Gasteiger charge is 2.41. The summed E-state index contributed by atoms with van der Waals surface area (Å²) in [5.41, 5.74) is 2.38. The Morgan fingerprint density at radius 3 is 2.42 bits per heavy atom. The van der Waals surface area contributed by atoms with E-state index in [0.717, 1.165) is 17.7 Å². The molecule has 1 aliphatic heterocycles. The molecule has 0 bridgehead atoms. The molecule has 2 atom stereocenters. The van der Waals surface area contributed by atoms with E-state index in [1.165, 1.54) is 17.0 Å². The number of nitrogens with zero attached hydrogens (tertiary/aromatic N) is 2. The van der Waals surface area contributed by atoms with Crippen LogP contribution in [0.1, 0.15) is 60.6 Å². The van der Waals surface area contributed by atoms with Crippen molar-refractivity contribution in [3.8, 4) is 11.1 Å². The molecule has 6 nitrogen and oxygen atoms in total. The first kappa shape index (κ1) is 27.4. The number of amides is 1. The van der Waals surface area contributed by atoms with E-state index in [4.69, 9.17) is 16.3 Å². The average molecular weight is 547 g/mol. The minimum atomic E-state index is -4.55. The number of halogens is 4. The zero-order valence-electron chi connectivity index (χ0n) is 21.2. The van der Waals surface area contributed by atoms with Crippen LogP contribution >= 0.6 is 11.6 Å². The SMILES string of the molecule is Cc1cc([C@H]2OC(=O)N(Cc3cc([N+](=O)[O-])ccc3-c3cc(C(C)C)ccc3Cl)C2C)cc(C(F)(F)F)c1. The lowest BCUT2D eigenvalue weighted by atomic mass is 9.93. The fourth-order valence-electron chi connectivity index (χ4n) is 4.68. The fourth-order valence-corrected chi connectivity index (χ4v) is 4.90. The lowest BCUT2D eigenvalue weighted by Crippen LogP contribution is -2.31. The summed E-state index contributed by atoms with van der Waals surface area (Å²) < 4.78 is 45.7. The van der Waals surface area contributed by atoms with Gasteiger partial charge in [-0.1, -0.05) is 43.1 Å². The maximum absolute atomic E-state index is 13.4. The van der Waals surface area contributed by atoms with Gasteiger partial charge in [0, 0.05) is 22.7 Å². The zero-order chi connectivity index (χ0) is 27.9. The van der Waals surface area contributed by atoms with E-state index in [1.807, 2.05) is 26.0 Å². The van der Waals surface area contributed by atoms with Crippen molar-refractivity contribution in [2.75, 3.05) is 0 Å². The molecule has 38 heavy (non-hydrogen) atoms. The number of rotatable bonds is 6. The number of cyclic esters (lactones) is 1. The van der Waals surface area contributed by atoms with Crippen LogP contribution in [0.3, 0.4) is 0 Å². The summed E-state index contributed by atoms with van der Waals surface area (Å²) in [6.45, 7) is 7.22. The maximum Gasteiger partial charge on any atom is 0.416 e. The molecule has 0 spiro atoms. The monoisotopic (exact) mass is 546 g/mol. The van der Waals surface area contributed by atoms with Gasteiger partial charge in [0.1, 0.15) is 6.10 Å². The molecule has 10 heteroatoms. The Hall–Kier alpha value is -3.59. The summed E-state index contributed by atoms with van der Waals surface area (Å²) in [5.74, 6) is 0.206. The molecule has 1 saturated heterocycles. The second-order valence-corrected chi connectivity index (χ2v) is 10.2. The summed E-state index contributed by atoms with van der Waals surface area (Å²) in [4.78, 5) is 25.3. The average Bonchev–Trinajstić information content (AvgIpc) is 3.11. The summed E-state index contributed by atoms with van der Waals surface area (Å²) in [6.07, 6.45) is -6.22. The van der Waals surface area contributed by atoms with Crippen molar-refractivity contribution in [3.05, 3.63) is 97.6 Å². The molecular formula is C28H26ClF3N2O4. The summed E-state index contributed by atoms with van der Waals surface area (Å²) in [6, 6.07) is 12.9. The number of aryl methyl sites for hydroxylation is 1. The molecule has 1 aliphatic rings. The normalized spacial score (nSPS) is 17.7. The van der Waals surface area contributed by atoms with Crippen LogP contribution in [0.4, 0.5) is 23.7 Å². The van der Waals surface area contributed by atoms with Gasteiger partial charge in [-0.2, -0.15) is 13.2 Å². The van der Waals surface area contributed by atoms with Gasteiger partial charge in [-0.15, -0.1) is 0 Å². The molecule has 1 fully saturated rings. The number of carbonyl (C=O) groups excluding carboxylic acids is 1. The molecule has 0 saturated carbocycles. The van der Waals surface area contributed by atoms with Gasteiger partial charge in [-0.3, -0.25) is 15.0 Å². The fraction of sp³-hybridized carbons (Fsp3) is 0.321. The Bertz CT molecular complexity index is 1410. The van der Waals surface area contributed by atoms with Crippen LogP contribution in [0, 0.1) is 17.0 Å². The van der Waals surface area contributed by atoms with Crippen LogP contribution in [0.5, 0.6) is 0 Å². The lowest BCUT2D eigenvalue weighted by Gasteiger charge is -2.23. The maximum atomic E-state index is 13.4. The highest BCUT2D eigenvalue weighted by molar-refractivity contribution is 6.33. The summed E-state index contributed by atoms with van der Waals surface area (Å²) >= 11 is 6.52. The number of nitro groups is 1. The molecule has 3 aromatic rings. The van der Waals surface area contributed by atoms with Crippen LogP contribution in [-0.4, -0.2) is 22.0 Å². The first-order valence-electron chi connectivity index (χ1n) is 12.0. The Balaban J connectivity index is 1.74. The second kappa shape index (κ2) is 10.3. The Kier molecular flexibility index (Phi) is 7.43. The molecule has 4 rings (SSSR count). The number of hydrogen-bond donors (Lipinski definition) is 0. The number of alkyl halides is 3. The van der Waals surface area contributed by atoms with Gasteiger partial charge in [0.2, 0.25) is 0 Å². The molecule has 1 amide bonds. The standard InChI is InChI=1S/C28H26ClF3N2O4/c1-15(2)18-5-8-25(29)24(13-18)23-7-6-22(34(36)37)12-20(23)14-33-17(4)26(38-27(33)35)19-9-16(3)10-21(11-19)28(30,31)32/h5-13,15,17,26H,14H2,1-4H3/t17?,26-/m0/s1. The number of carbonyl (C=O) groups is 1. The Morgan fingerprint density at radius 2 is 1.79 bits per heavy atom. The van der Waals surface area contributed by atoms with E-state index in [2.05, 4.69) is 0 Å². The number of hydrogen-bond acceptors (Lipinski definition) is 4. The first-order chi connectivity index (χ1) is 17.8. The summed E-state index contributed by atoms with van der Waals surface area (Å²) in [7, 11) is 0. The molecule has 0 radical (unpaired) electrons.